The first kappa shape index (κ1) is 21.1. The average molecular weight is 435 g/mol. The molecule has 0 spiro atoms. The van der Waals surface area contributed by atoms with Crippen LogP contribution in [0.1, 0.15) is 42.9 Å². The van der Waals surface area contributed by atoms with E-state index in [4.69, 9.17) is 0 Å². The Bertz CT molecular complexity index is 1100. The predicted molar refractivity (Wildman–Crippen MR) is 105 cm³/mol. The highest BCUT2D eigenvalue weighted by Gasteiger charge is 2.37. The number of halogens is 4. The Hall–Kier alpha value is -3.17. The lowest BCUT2D eigenvalue weighted by atomic mass is 10.1. The third-order valence-electron chi connectivity index (χ3n) is 5.45. The predicted octanol–water partition coefficient (Wildman–Crippen LogP) is 4.47. The van der Waals surface area contributed by atoms with Gasteiger partial charge in [-0.05, 0) is 56.5 Å². The average Bonchev–Trinajstić information content (AvgIpc) is 3.33. The van der Waals surface area contributed by atoms with Crippen LogP contribution in [0, 0.1) is 12.7 Å². The van der Waals surface area contributed by atoms with Crippen LogP contribution in [-0.4, -0.2) is 32.0 Å². The van der Waals surface area contributed by atoms with E-state index in [-0.39, 0.29) is 23.8 Å². The second-order valence-corrected chi connectivity index (χ2v) is 7.50. The Balaban J connectivity index is 1.67. The van der Waals surface area contributed by atoms with Gasteiger partial charge in [0.15, 0.2) is 5.69 Å². The van der Waals surface area contributed by atoms with Gasteiger partial charge in [-0.1, -0.05) is 6.92 Å². The van der Waals surface area contributed by atoms with E-state index in [0.717, 1.165) is 16.4 Å². The standard InChI is InChI=1S/C21H21F4N5O/c1-3-16(29-13(2)11-19(27-29)21(23,24)25)20(31)28-10-4-5-17-18(28)12-26-30(17)15-8-6-14(22)7-9-15/h6-9,11-12,16H,3-5,10H2,1-2H3. The zero-order valence-corrected chi connectivity index (χ0v) is 17.0. The number of hydrogen-bond donors (Lipinski definition) is 0. The van der Waals surface area contributed by atoms with Crippen molar-refractivity contribution in [1.82, 2.24) is 19.6 Å². The maximum atomic E-state index is 13.4. The van der Waals surface area contributed by atoms with Crippen LogP contribution >= 0.6 is 0 Å². The number of aromatic nitrogens is 4. The molecule has 1 aliphatic heterocycles. The molecule has 3 aromatic rings. The molecule has 6 nitrogen and oxygen atoms in total. The van der Waals surface area contributed by atoms with Crippen LogP contribution in [0.3, 0.4) is 0 Å². The number of benzene rings is 1. The highest BCUT2D eigenvalue weighted by Crippen LogP contribution is 2.33. The molecule has 2 aromatic heterocycles. The molecular formula is C21H21F4N5O. The number of rotatable bonds is 4. The molecule has 4 rings (SSSR count). The van der Waals surface area contributed by atoms with Gasteiger partial charge in [-0.25, -0.2) is 9.07 Å². The minimum absolute atomic E-state index is 0.270. The van der Waals surface area contributed by atoms with Crippen LogP contribution in [0.5, 0.6) is 0 Å². The SMILES string of the molecule is CCC(C(=O)N1CCCc2c1cnn2-c1ccc(F)cc1)n1nc(C(F)(F)F)cc1C. The quantitative estimate of drug-likeness (QED) is 0.569. The van der Waals surface area contributed by atoms with E-state index in [1.807, 2.05) is 0 Å². The molecular weight excluding hydrogens is 414 g/mol. The minimum Gasteiger partial charge on any atom is -0.307 e. The van der Waals surface area contributed by atoms with Crippen LogP contribution in [-0.2, 0) is 17.4 Å². The monoisotopic (exact) mass is 435 g/mol. The van der Waals surface area contributed by atoms with Gasteiger partial charge in [-0.15, -0.1) is 0 Å². The maximum absolute atomic E-state index is 13.4. The number of amides is 1. The number of fused-ring (bicyclic) bond motifs is 1. The summed E-state index contributed by atoms with van der Waals surface area (Å²) in [5, 5.41) is 8.04. The largest absolute Gasteiger partial charge is 0.435 e. The molecule has 3 heterocycles. The van der Waals surface area contributed by atoms with Gasteiger partial charge in [0.1, 0.15) is 11.9 Å². The molecule has 0 saturated carbocycles. The second kappa shape index (κ2) is 7.82. The lowest BCUT2D eigenvalue weighted by Gasteiger charge is -2.30. The fourth-order valence-corrected chi connectivity index (χ4v) is 3.96. The third kappa shape index (κ3) is 3.82. The first-order chi connectivity index (χ1) is 14.7. The zero-order valence-electron chi connectivity index (χ0n) is 17.0. The summed E-state index contributed by atoms with van der Waals surface area (Å²) < 4.78 is 55.3. The first-order valence-corrected chi connectivity index (χ1v) is 9.98. The van der Waals surface area contributed by atoms with Crippen molar-refractivity contribution < 1.29 is 22.4 Å². The summed E-state index contributed by atoms with van der Waals surface area (Å²) >= 11 is 0. The molecule has 0 radical (unpaired) electrons. The van der Waals surface area contributed by atoms with Crippen molar-refractivity contribution in [2.45, 2.75) is 45.3 Å². The van der Waals surface area contributed by atoms with Crippen molar-refractivity contribution >= 4 is 11.6 Å². The highest BCUT2D eigenvalue weighted by molar-refractivity contribution is 5.97. The fourth-order valence-electron chi connectivity index (χ4n) is 3.96. The second-order valence-electron chi connectivity index (χ2n) is 7.50. The normalized spacial score (nSPS) is 15.1. The molecule has 31 heavy (non-hydrogen) atoms. The minimum atomic E-state index is -4.58. The molecule has 1 amide bonds. The molecule has 0 aliphatic carbocycles. The number of aryl methyl sites for hydroxylation is 1. The summed E-state index contributed by atoms with van der Waals surface area (Å²) in [6.07, 6.45) is -1.37. The molecule has 1 atom stereocenters. The maximum Gasteiger partial charge on any atom is 0.435 e. The van der Waals surface area contributed by atoms with Crippen LogP contribution in [0.15, 0.2) is 36.5 Å². The lowest BCUT2D eigenvalue weighted by molar-refractivity contribution is -0.142. The Morgan fingerprint density at radius 3 is 2.55 bits per heavy atom. The summed E-state index contributed by atoms with van der Waals surface area (Å²) in [4.78, 5) is 15.0. The Labute approximate surface area is 176 Å². The van der Waals surface area contributed by atoms with Crippen molar-refractivity contribution in [1.29, 1.82) is 0 Å². The number of anilines is 1. The van der Waals surface area contributed by atoms with E-state index >= 15 is 0 Å². The van der Waals surface area contributed by atoms with E-state index in [9.17, 15) is 22.4 Å². The van der Waals surface area contributed by atoms with E-state index < -0.39 is 17.9 Å². The number of nitrogens with zero attached hydrogens (tertiary/aromatic N) is 5. The molecule has 1 aliphatic rings. The van der Waals surface area contributed by atoms with E-state index in [1.165, 1.54) is 19.1 Å². The van der Waals surface area contributed by atoms with Gasteiger partial charge in [0.05, 0.1) is 23.3 Å². The van der Waals surface area contributed by atoms with E-state index in [0.29, 0.717) is 30.8 Å². The number of carbonyl (C=O) groups excluding carboxylic acids is 1. The zero-order chi connectivity index (χ0) is 22.3. The van der Waals surface area contributed by atoms with Crippen LogP contribution in [0.4, 0.5) is 23.2 Å². The van der Waals surface area contributed by atoms with Gasteiger partial charge in [0.25, 0.3) is 5.91 Å². The number of hydrogen-bond acceptors (Lipinski definition) is 3. The summed E-state index contributed by atoms with van der Waals surface area (Å²) in [6, 6.07) is 5.95. The topological polar surface area (TPSA) is 56.0 Å². The van der Waals surface area contributed by atoms with Crippen molar-refractivity contribution in [2.24, 2.45) is 0 Å². The molecule has 0 fully saturated rings. The molecule has 164 valence electrons. The summed E-state index contributed by atoms with van der Waals surface area (Å²) in [5.74, 6) is -0.692. The van der Waals surface area contributed by atoms with Gasteiger partial charge >= 0.3 is 6.18 Å². The molecule has 1 aromatic carbocycles. The third-order valence-corrected chi connectivity index (χ3v) is 5.45. The smallest absolute Gasteiger partial charge is 0.307 e. The highest BCUT2D eigenvalue weighted by atomic mass is 19.4. The van der Waals surface area contributed by atoms with Gasteiger partial charge in [0.2, 0.25) is 0 Å². The van der Waals surface area contributed by atoms with E-state index in [2.05, 4.69) is 10.2 Å². The van der Waals surface area contributed by atoms with Gasteiger partial charge in [-0.2, -0.15) is 23.4 Å². The Kier molecular flexibility index (Phi) is 5.32. The van der Waals surface area contributed by atoms with Crippen molar-refractivity contribution in [3.63, 3.8) is 0 Å². The Morgan fingerprint density at radius 2 is 1.94 bits per heavy atom. The lowest BCUT2D eigenvalue weighted by Crippen LogP contribution is -2.41. The summed E-state index contributed by atoms with van der Waals surface area (Å²) in [5.41, 5.74) is 1.34. The summed E-state index contributed by atoms with van der Waals surface area (Å²) in [7, 11) is 0. The van der Waals surface area contributed by atoms with Gasteiger partial charge in [-0.3, -0.25) is 9.48 Å². The Morgan fingerprint density at radius 1 is 1.23 bits per heavy atom. The molecule has 0 saturated heterocycles. The van der Waals surface area contributed by atoms with Crippen molar-refractivity contribution in [3.05, 3.63) is 59.4 Å². The van der Waals surface area contributed by atoms with Gasteiger partial charge in [0, 0.05) is 12.2 Å². The molecule has 0 bridgehead atoms. The fraction of sp³-hybridized carbons (Fsp3) is 0.381. The van der Waals surface area contributed by atoms with Gasteiger partial charge < -0.3 is 4.90 Å². The molecule has 1 unspecified atom stereocenters. The van der Waals surface area contributed by atoms with E-state index in [1.54, 1.807) is 34.8 Å². The van der Waals surface area contributed by atoms with Crippen molar-refractivity contribution in [3.8, 4) is 5.69 Å². The molecule has 0 N–H and O–H groups in total. The number of alkyl halides is 3. The first-order valence-electron chi connectivity index (χ1n) is 9.98. The summed E-state index contributed by atoms with van der Waals surface area (Å²) in [6.45, 7) is 3.68. The van der Waals surface area contributed by atoms with Crippen molar-refractivity contribution in [2.75, 3.05) is 11.4 Å². The van der Waals surface area contributed by atoms with Crippen LogP contribution < -0.4 is 4.90 Å². The molecule has 10 heteroatoms. The number of carbonyl (C=O) groups is 1. The van der Waals surface area contributed by atoms with Crippen LogP contribution in [0.2, 0.25) is 0 Å². The van der Waals surface area contributed by atoms with Crippen LogP contribution in [0.25, 0.3) is 5.69 Å².